The first-order valence-corrected chi connectivity index (χ1v) is 8.18. The summed E-state index contributed by atoms with van der Waals surface area (Å²) in [7, 11) is 2.26. The molecule has 1 atom stereocenters. The molecule has 2 heterocycles. The summed E-state index contributed by atoms with van der Waals surface area (Å²) in [5, 5.41) is 0. The Hall–Kier alpha value is -1.35. The molecule has 0 N–H and O–H groups in total. The lowest BCUT2D eigenvalue weighted by atomic mass is 9.81. The van der Waals surface area contributed by atoms with Crippen LogP contribution in [0.3, 0.4) is 0 Å². The molecule has 0 bridgehead atoms. The summed E-state index contributed by atoms with van der Waals surface area (Å²) in [6.45, 7) is 4.96. The number of hydrogen-bond donors (Lipinski definition) is 0. The van der Waals surface area contributed by atoms with Crippen LogP contribution in [0.25, 0.3) is 0 Å². The Balaban J connectivity index is 1.68. The van der Waals surface area contributed by atoms with Crippen molar-refractivity contribution in [3.8, 4) is 0 Å². The molecule has 1 aromatic carbocycles. The summed E-state index contributed by atoms with van der Waals surface area (Å²) in [5.41, 5.74) is 1.78. The highest BCUT2D eigenvalue weighted by molar-refractivity contribution is 5.75. The summed E-state index contributed by atoms with van der Waals surface area (Å²) in [6.07, 6.45) is 4.12. The Morgan fingerprint density at radius 2 is 1.90 bits per heavy atom. The molecule has 1 amide bonds. The first-order chi connectivity index (χ1) is 10.1. The van der Waals surface area contributed by atoms with Gasteiger partial charge in [-0.25, -0.2) is 0 Å². The summed E-state index contributed by atoms with van der Waals surface area (Å²) < 4.78 is 0. The highest BCUT2D eigenvalue weighted by atomic mass is 16.2. The fourth-order valence-electron chi connectivity index (χ4n) is 4.13. The van der Waals surface area contributed by atoms with Crippen molar-refractivity contribution in [2.24, 2.45) is 0 Å². The molecule has 0 unspecified atom stereocenters. The van der Waals surface area contributed by atoms with Gasteiger partial charge < -0.3 is 4.90 Å². The molecule has 114 valence electrons. The number of nitrogens with zero attached hydrogens (tertiary/aromatic N) is 2. The Morgan fingerprint density at radius 1 is 1.24 bits per heavy atom. The van der Waals surface area contributed by atoms with Gasteiger partial charge in [0.2, 0.25) is 5.91 Å². The lowest BCUT2D eigenvalue weighted by Crippen LogP contribution is -2.51. The molecule has 0 radical (unpaired) electrons. The number of rotatable bonds is 2. The minimum Gasteiger partial charge on any atom is -0.343 e. The van der Waals surface area contributed by atoms with Gasteiger partial charge in [0.1, 0.15) is 0 Å². The fourth-order valence-corrected chi connectivity index (χ4v) is 4.13. The molecule has 2 aliphatic heterocycles. The number of benzene rings is 1. The third kappa shape index (κ3) is 2.71. The molecule has 0 saturated carbocycles. The van der Waals surface area contributed by atoms with Crippen molar-refractivity contribution in [2.45, 2.75) is 44.1 Å². The van der Waals surface area contributed by atoms with E-state index in [4.69, 9.17) is 0 Å². The largest absolute Gasteiger partial charge is 0.343 e. The van der Waals surface area contributed by atoms with Gasteiger partial charge >= 0.3 is 0 Å². The number of amides is 1. The van der Waals surface area contributed by atoms with E-state index in [0.29, 0.717) is 23.8 Å². The van der Waals surface area contributed by atoms with Crippen molar-refractivity contribution in [1.82, 2.24) is 9.80 Å². The van der Waals surface area contributed by atoms with Crippen LogP contribution in [0.15, 0.2) is 30.3 Å². The number of piperidine rings is 1. The summed E-state index contributed by atoms with van der Waals surface area (Å²) in [6, 6.07) is 10.9. The van der Waals surface area contributed by atoms with E-state index in [1.165, 1.54) is 12.0 Å². The predicted molar refractivity (Wildman–Crippen MR) is 85.3 cm³/mol. The van der Waals surface area contributed by atoms with Crippen LogP contribution in [0.4, 0.5) is 0 Å². The van der Waals surface area contributed by atoms with Crippen LogP contribution in [0.2, 0.25) is 0 Å². The first-order valence-electron chi connectivity index (χ1n) is 8.18. The predicted octanol–water partition coefficient (Wildman–Crippen LogP) is 2.88. The van der Waals surface area contributed by atoms with E-state index in [-0.39, 0.29) is 0 Å². The molecule has 3 heteroatoms. The number of hydrogen-bond acceptors (Lipinski definition) is 2. The molecule has 2 aliphatic rings. The second-order valence-electron chi connectivity index (χ2n) is 6.65. The van der Waals surface area contributed by atoms with E-state index < -0.39 is 0 Å². The average Bonchev–Trinajstić information content (AvgIpc) is 2.85. The van der Waals surface area contributed by atoms with E-state index in [9.17, 15) is 4.79 Å². The summed E-state index contributed by atoms with van der Waals surface area (Å²) in [4.78, 5) is 16.5. The molecule has 3 nitrogen and oxygen atoms in total. The molecule has 21 heavy (non-hydrogen) atoms. The third-order valence-electron chi connectivity index (χ3n) is 5.55. The maximum Gasteiger partial charge on any atom is 0.222 e. The van der Waals surface area contributed by atoms with E-state index >= 15 is 0 Å². The maximum atomic E-state index is 11.8. The van der Waals surface area contributed by atoms with Crippen LogP contribution >= 0.6 is 0 Å². The third-order valence-corrected chi connectivity index (χ3v) is 5.55. The van der Waals surface area contributed by atoms with Crippen LogP contribution in [0.1, 0.15) is 44.1 Å². The van der Waals surface area contributed by atoms with Gasteiger partial charge in [-0.3, -0.25) is 9.69 Å². The van der Waals surface area contributed by atoms with E-state index in [2.05, 4.69) is 47.2 Å². The molecular weight excluding hydrogens is 260 g/mol. The number of carbonyl (C=O) groups excluding carboxylic acids is 1. The number of likely N-dealkylation sites (tertiary alicyclic amines) is 2. The quantitative estimate of drug-likeness (QED) is 0.834. The maximum absolute atomic E-state index is 11.8. The second-order valence-corrected chi connectivity index (χ2v) is 6.65. The van der Waals surface area contributed by atoms with Crippen molar-refractivity contribution in [1.29, 1.82) is 0 Å². The SMILES string of the molecule is CCC(=O)N1CCC2(CC1)C[C@@H](c1ccccc1)CN2C. The molecule has 0 aliphatic carbocycles. The Bertz CT molecular complexity index is 491. The van der Waals surface area contributed by atoms with Gasteiger partial charge in [0, 0.05) is 31.6 Å². The minimum absolute atomic E-state index is 0.310. The first kappa shape index (κ1) is 14.6. The van der Waals surface area contributed by atoms with Crippen molar-refractivity contribution in [3.05, 3.63) is 35.9 Å². The molecule has 1 spiro atoms. The Kier molecular flexibility index (Phi) is 4.03. The molecule has 1 aromatic rings. The molecular formula is C18H26N2O. The number of carbonyl (C=O) groups is 1. The highest BCUT2D eigenvalue weighted by Gasteiger charge is 2.45. The van der Waals surface area contributed by atoms with Gasteiger partial charge in [-0.15, -0.1) is 0 Å². The van der Waals surface area contributed by atoms with Crippen LogP contribution < -0.4 is 0 Å². The lowest BCUT2D eigenvalue weighted by molar-refractivity contribution is -0.133. The highest BCUT2D eigenvalue weighted by Crippen LogP contribution is 2.43. The van der Waals surface area contributed by atoms with Crippen LogP contribution in [-0.2, 0) is 4.79 Å². The van der Waals surface area contributed by atoms with Gasteiger partial charge in [0.25, 0.3) is 0 Å². The molecule has 2 fully saturated rings. The smallest absolute Gasteiger partial charge is 0.222 e. The minimum atomic E-state index is 0.310. The summed E-state index contributed by atoms with van der Waals surface area (Å²) >= 11 is 0. The van der Waals surface area contributed by atoms with Gasteiger partial charge in [-0.05, 0) is 37.8 Å². The van der Waals surface area contributed by atoms with Crippen LogP contribution in [-0.4, -0.2) is 47.9 Å². The van der Waals surface area contributed by atoms with Gasteiger partial charge in [-0.2, -0.15) is 0 Å². The van der Waals surface area contributed by atoms with E-state index in [1.54, 1.807) is 0 Å². The van der Waals surface area contributed by atoms with E-state index in [0.717, 1.165) is 32.5 Å². The van der Waals surface area contributed by atoms with Crippen LogP contribution in [0, 0.1) is 0 Å². The van der Waals surface area contributed by atoms with Crippen LogP contribution in [0.5, 0.6) is 0 Å². The monoisotopic (exact) mass is 286 g/mol. The number of likely N-dealkylation sites (N-methyl/N-ethyl adjacent to an activating group) is 1. The zero-order valence-corrected chi connectivity index (χ0v) is 13.2. The lowest BCUT2D eigenvalue weighted by Gasteiger charge is -2.43. The standard InChI is InChI=1S/C18H26N2O/c1-3-17(21)20-11-9-18(10-12-20)13-16(14-19(18)2)15-7-5-4-6-8-15/h4-8,16H,3,9-14H2,1-2H3/t16-/m1/s1. The van der Waals surface area contributed by atoms with Gasteiger partial charge in [0.15, 0.2) is 0 Å². The fraction of sp³-hybridized carbons (Fsp3) is 0.611. The van der Waals surface area contributed by atoms with Crippen molar-refractivity contribution >= 4 is 5.91 Å². The van der Waals surface area contributed by atoms with Crippen molar-refractivity contribution in [3.63, 3.8) is 0 Å². The zero-order valence-electron chi connectivity index (χ0n) is 13.2. The topological polar surface area (TPSA) is 23.6 Å². The molecule has 2 saturated heterocycles. The van der Waals surface area contributed by atoms with Gasteiger partial charge in [0.05, 0.1) is 0 Å². The Labute approximate surface area is 127 Å². The van der Waals surface area contributed by atoms with Crippen molar-refractivity contribution < 1.29 is 4.79 Å². The normalized spacial score (nSPS) is 25.4. The van der Waals surface area contributed by atoms with E-state index in [1.807, 2.05) is 6.92 Å². The zero-order chi connectivity index (χ0) is 14.9. The molecule has 0 aromatic heterocycles. The average molecular weight is 286 g/mol. The molecule has 3 rings (SSSR count). The second kappa shape index (κ2) is 5.80. The van der Waals surface area contributed by atoms with Crippen molar-refractivity contribution in [2.75, 3.05) is 26.7 Å². The van der Waals surface area contributed by atoms with Gasteiger partial charge in [-0.1, -0.05) is 37.3 Å². The Morgan fingerprint density at radius 3 is 2.52 bits per heavy atom. The summed E-state index contributed by atoms with van der Waals surface area (Å²) in [5.74, 6) is 0.953.